The number of nitrogens with one attached hydrogen (secondary N) is 1. The molecule has 4 nitrogen and oxygen atoms in total. The first-order chi connectivity index (χ1) is 7.78. The predicted molar refractivity (Wildman–Crippen MR) is 65.9 cm³/mol. The van der Waals surface area contributed by atoms with E-state index in [2.05, 4.69) is 27.2 Å². The molecule has 0 aliphatic rings. The fraction of sp³-hybridized carbons (Fsp3) is 0.364. The Hall–Kier alpha value is -1.49. The standard InChI is InChI=1S/C11H14N4S/c1-3-12-10-6-9(14-8(2)15-10)7-11-13-4-5-16-11/h4-6H,3,7H2,1-2H3,(H,12,14,15). The Kier molecular flexibility index (Phi) is 3.46. The lowest BCUT2D eigenvalue weighted by Gasteiger charge is -2.05. The fourth-order valence-electron chi connectivity index (χ4n) is 1.49. The number of hydrogen-bond donors (Lipinski definition) is 1. The molecule has 0 fully saturated rings. The minimum atomic E-state index is 0.777. The average molecular weight is 234 g/mol. The number of aryl methyl sites for hydroxylation is 1. The number of nitrogens with zero attached hydrogens (tertiary/aromatic N) is 3. The van der Waals surface area contributed by atoms with Crippen LogP contribution < -0.4 is 5.32 Å². The maximum atomic E-state index is 4.41. The zero-order chi connectivity index (χ0) is 11.4. The van der Waals surface area contributed by atoms with Gasteiger partial charge in [0.05, 0.1) is 10.7 Å². The number of hydrogen-bond acceptors (Lipinski definition) is 5. The predicted octanol–water partition coefficient (Wildman–Crippen LogP) is 2.26. The normalized spacial score (nSPS) is 10.4. The summed E-state index contributed by atoms with van der Waals surface area (Å²) in [6.45, 7) is 4.83. The molecule has 0 aliphatic heterocycles. The van der Waals surface area contributed by atoms with Crippen LogP contribution in [0.15, 0.2) is 17.6 Å². The van der Waals surface area contributed by atoms with Gasteiger partial charge >= 0.3 is 0 Å². The van der Waals surface area contributed by atoms with Crippen molar-refractivity contribution in [3.05, 3.63) is 34.2 Å². The molecule has 0 unspecified atom stereocenters. The van der Waals surface area contributed by atoms with Gasteiger partial charge in [0.15, 0.2) is 0 Å². The molecule has 2 aromatic heterocycles. The van der Waals surface area contributed by atoms with Gasteiger partial charge in [-0.15, -0.1) is 11.3 Å². The summed E-state index contributed by atoms with van der Waals surface area (Å²) in [6, 6.07) is 1.98. The highest BCUT2D eigenvalue weighted by Gasteiger charge is 2.04. The van der Waals surface area contributed by atoms with E-state index in [4.69, 9.17) is 0 Å². The summed E-state index contributed by atoms with van der Waals surface area (Å²) in [7, 11) is 0. The average Bonchev–Trinajstić information content (AvgIpc) is 2.70. The van der Waals surface area contributed by atoms with Crippen molar-refractivity contribution in [2.45, 2.75) is 20.3 Å². The van der Waals surface area contributed by atoms with Crippen LogP contribution in [0, 0.1) is 6.92 Å². The molecule has 0 amide bonds. The zero-order valence-corrected chi connectivity index (χ0v) is 10.2. The van der Waals surface area contributed by atoms with Crippen molar-refractivity contribution in [1.82, 2.24) is 15.0 Å². The molecule has 0 saturated carbocycles. The van der Waals surface area contributed by atoms with Crippen LogP contribution in [0.25, 0.3) is 0 Å². The highest BCUT2D eigenvalue weighted by atomic mass is 32.1. The molecule has 0 aromatic carbocycles. The van der Waals surface area contributed by atoms with Gasteiger partial charge in [-0.05, 0) is 13.8 Å². The highest BCUT2D eigenvalue weighted by Crippen LogP contribution is 2.13. The Labute approximate surface area is 98.8 Å². The van der Waals surface area contributed by atoms with Gasteiger partial charge in [0, 0.05) is 30.6 Å². The molecule has 1 N–H and O–H groups in total. The highest BCUT2D eigenvalue weighted by molar-refractivity contribution is 7.09. The van der Waals surface area contributed by atoms with Crippen LogP contribution in [0.1, 0.15) is 23.4 Å². The number of anilines is 1. The van der Waals surface area contributed by atoms with Crippen LogP contribution in [0.2, 0.25) is 0 Å². The molecule has 0 radical (unpaired) electrons. The first-order valence-electron chi connectivity index (χ1n) is 5.24. The van der Waals surface area contributed by atoms with Gasteiger partial charge in [0.2, 0.25) is 0 Å². The lowest BCUT2D eigenvalue weighted by Crippen LogP contribution is -2.04. The lowest BCUT2D eigenvalue weighted by molar-refractivity contribution is 0.956. The second-order valence-corrected chi connectivity index (χ2v) is 4.40. The monoisotopic (exact) mass is 234 g/mol. The molecule has 0 saturated heterocycles. The van der Waals surface area contributed by atoms with E-state index in [9.17, 15) is 0 Å². The topological polar surface area (TPSA) is 50.7 Å². The van der Waals surface area contributed by atoms with Crippen LogP contribution in [-0.4, -0.2) is 21.5 Å². The van der Waals surface area contributed by atoms with Crippen LogP contribution in [0.4, 0.5) is 5.82 Å². The third-order valence-corrected chi connectivity index (χ3v) is 2.84. The molecular formula is C11H14N4S. The number of aromatic nitrogens is 3. The van der Waals surface area contributed by atoms with Gasteiger partial charge in [-0.2, -0.15) is 0 Å². The van der Waals surface area contributed by atoms with Gasteiger partial charge < -0.3 is 5.32 Å². The molecule has 5 heteroatoms. The lowest BCUT2D eigenvalue weighted by atomic mass is 10.3. The summed E-state index contributed by atoms with van der Waals surface area (Å²) in [4.78, 5) is 13.0. The van der Waals surface area contributed by atoms with Crippen molar-refractivity contribution >= 4 is 17.2 Å². The first-order valence-corrected chi connectivity index (χ1v) is 6.12. The molecule has 2 aromatic rings. The van der Waals surface area contributed by atoms with E-state index in [0.717, 1.165) is 35.3 Å². The van der Waals surface area contributed by atoms with E-state index in [-0.39, 0.29) is 0 Å². The summed E-state index contributed by atoms with van der Waals surface area (Å²) in [6.07, 6.45) is 2.60. The Morgan fingerprint density at radius 3 is 2.94 bits per heavy atom. The fourth-order valence-corrected chi connectivity index (χ4v) is 2.12. The largest absolute Gasteiger partial charge is 0.370 e. The van der Waals surface area contributed by atoms with Crippen LogP contribution in [0.3, 0.4) is 0 Å². The number of thiazole rings is 1. The summed E-state index contributed by atoms with van der Waals surface area (Å²) in [5.41, 5.74) is 1.01. The SMILES string of the molecule is CCNc1cc(Cc2nccs2)nc(C)n1. The van der Waals surface area contributed by atoms with Crippen molar-refractivity contribution in [2.75, 3.05) is 11.9 Å². The smallest absolute Gasteiger partial charge is 0.129 e. The van der Waals surface area contributed by atoms with Crippen LogP contribution in [-0.2, 0) is 6.42 Å². The molecule has 16 heavy (non-hydrogen) atoms. The summed E-state index contributed by atoms with van der Waals surface area (Å²) < 4.78 is 0. The third-order valence-electron chi connectivity index (χ3n) is 2.06. The minimum Gasteiger partial charge on any atom is -0.370 e. The Morgan fingerprint density at radius 2 is 2.25 bits per heavy atom. The van der Waals surface area contributed by atoms with Crippen molar-refractivity contribution in [1.29, 1.82) is 0 Å². The van der Waals surface area contributed by atoms with Gasteiger partial charge in [-0.25, -0.2) is 15.0 Å². The van der Waals surface area contributed by atoms with E-state index >= 15 is 0 Å². The number of rotatable bonds is 4. The summed E-state index contributed by atoms with van der Waals surface area (Å²) in [5, 5.41) is 6.26. The van der Waals surface area contributed by atoms with Gasteiger partial charge in [0.1, 0.15) is 11.6 Å². The van der Waals surface area contributed by atoms with Crippen molar-refractivity contribution in [3.8, 4) is 0 Å². The molecule has 0 bridgehead atoms. The Balaban J connectivity index is 2.20. The van der Waals surface area contributed by atoms with E-state index in [1.807, 2.05) is 24.6 Å². The maximum absolute atomic E-state index is 4.41. The van der Waals surface area contributed by atoms with Gasteiger partial charge in [-0.1, -0.05) is 0 Å². The molecule has 0 atom stereocenters. The van der Waals surface area contributed by atoms with Crippen LogP contribution >= 0.6 is 11.3 Å². The van der Waals surface area contributed by atoms with Crippen molar-refractivity contribution < 1.29 is 0 Å². The summed E-state index contributed by atoms with van der Waals surface area (Å²) in [5.74, 6) is 1.69. The zero-order valence-electron chi connectivity index (χ0n) is 9.40. The van der Waals surface area contributed by atoms with Crippen molar-refractivity contribution in [2.24, 2.45) is 0 Å². The molecule has 2 heterocycles. The Morgan fingerprint density at radius 1 is 1.38 bits per heavy atom. The minimum absolute atomic E-state index is 0.777. The Bertz CT molecular complexity index is 453. The second-order valence-electron chi connectivity index (χ2n) is 3.42. The molecule has 0 spiro atoms. The molecular weight excluding hydrogens is 220 g/mol. The van der Waals surface area contributed by atoms with Crippen molar-refractivity contribution in [3.63, 3.8) is 0 Å². The van der Waals surface area contributed by atoms with E-state index in [1.54, 1.807) is 11.3 Å². The molecule has 84 valence electrons. The van der Waals surface area contributed by atoms with Gasteiger partial charge in [-0.3, -0.25) is 0 Å². The van der Waals surface area contributed by atoms with Gasteiger partial charge in [0.25, 0.3) is 0 Å². The first kappa shape index (κ1) is 11.0. The maximum Gasteiger partial charge on any atom is 0.129 e. The van der Waals surface area contributed by atoms with E-state index in [0.29, 0.717) is 0 Å². The summed E-state index contributed by atoms with van der Waals surface area (Å²) >= 11 is 1.65. The molecule has 2 rings (SSSR count). The molecule has 0 aliphatic carbocycles. The van der Waals surface area contributed by atoms with E-state index < -0.39 is 0 Å². The third kappa shape index (κ3) is 2.76. The quantitative estimate of drug-likeness (QED) is 0.881. The second kappa shape index (κ2) is 5.03. The van der Waals surface area contributed by atoms with E-state index in [1.165, 1.54) is 0 Å². The van der Waals surface area contributed by atoms with Crippen LogP contribution in [0.5, 0.6) is 0 Å².